The standard InChI is InChI=1S/C36H42N6O/c1-26(2)42(32-13-9-8-10-27(32)3)31-18-20-41(21-19-31)24-28-14-16-30(17-15-28)34-35(29-11-6-5-7-12-29)38-39-36(37-34)33-25-43-23-22-40(33)4/h5-17,31,33H,1,18-25H2,2-4H3. The fraction of sp³-hybridized carbons (Fsp3) is 0.361. The van der Waals surface area contributed by atoms with Crippen LogP contribution in [0.25, 0.3) is 22.5 Å². The first kappa shape index (κ1) is 29.2. The third-order valence-electron chi connectivity index (χ3n) is 8.79. The number of aromatic nitrogens is 3. The molecule has 2 aliphatic rings. The van der Waals surface area contributed by atoms with Crippen LogP contribution in [0.5, 0.6) is 0 Å². The molecule has 0 bridgehead atoms. The van der Waals surface area contributed by atoms with Gasteiger partial charge >= 0.3 is 0 Å². The Labute approximate surface area is 255 Å². The maximum Gasteiger partial charge on any atom is 0.171 e. The van der Waals surface area contributed by atoms with E-state index in [2.05, 4.69) is 108 Å². The van der Waals surface area contributed by atoms with Crippen molar-refractivity contribution in [3.05, 3.63) is 108 Å². The summed E-state index contributed by atoms with van der Waals surface area (Å²) in [6.07, 6.45) is 2.24. The lowest BCUT2D eigenvalue weighted by atomic mass is 9.99. The van der Waals surface area contributed by atoms with E-state index in [9.17, 15) is 0 Å². The quantitative estimate of drug-likeness (QED) is 0.237. The number of hydrogen-bond donors (Lipinski definition) is 0. The van der Waals surface area contributed by atoms with Crippen molar-refractivity contribution in [3.8, 4) is 22.5 Å². The molecule has 0 N–H and O–H groups in total. The van der Waals surface area contributed by atoms with Crippen molar-refractivity contribution < 1.29 is 4.74 Å². The van der Waals surface area contributed by atoms with Crippen molar-refractivity contribution in [2.45, 2.75) is 45.3 Å². The topological polar surface area (TPSA) is 57.6 Å². The van der Waals surface area contributed by atoms with E-state index < -0.39 is 0 Å². The summed E-state index contributed by atoms with van der Waals surface area (Å²) in [7, 11) is 2.09. The van der Waals surface area contributed by atoms with Crippen molar-refractivity contribution in [1.82, 2.24) is 25.0 Å². The predicted molar refractivity (Wildman–Crippen MR) is 174 cm³/mol. The first-order valence-corrected chi connectivity index (χ1v) is 15.4. The number of anilines is 1. The highest BCUT2D eigenvalue weighted by atomic mass is 16.5. The van der Waals surface area contributed by atoms with Crippen LogP contribution in [0.1, 0.15) is 42.8 Å². The summed E-state index contributed by atoms with van der Waals surface area (Å²) in [6, 6.07) is 28.2. The smallest absolute Gasteiger partial charge is 0.171 e. The summed E-state index contributed by atoms with van der Waals surface area (Å²) < 4.78 is 5.75. The number of morpholine rings is 1. The first-order chi connectivity index (χ1) is 21.0. The Hall–Kier alpha value is -3.91. The highest BCUT2D eigenvalue weighted by Crippen LogP contribution is 2.32. The van der Waals surface area contributed by atoms with Crippen LogP contribution in [0.2, 0.25) is 0 Å². The number of nitrogens with zero attached hydrogens (tertiary/aromatic N) is 6. The van der Waals surface area contributed by atoms with E-state index in [0.717, 1.165) is 73.8 Å². The molecule has 1 aromatic heterocycles. The number of likely N-dealkylation sites (tertiary alicyclic amines) is 1. The van der Waals surface area contributed by atoms with Crippen molar-refractivity contribution in [3.63, 3.8) is 0 Å². The number of piperidine rings is 1. The Morgan fingerprint density at radius 1 is 0.884 bits per heavy atom. The number of rotatable bonds is 8. The molecule has 0 saturated carbocycles. The van der Waals surface area contributed by atoms with Gasteiger partial charge in [0.05, 0.1) is 19.3 Å². The molecule has 0 aliphatic carbocycles. The van der Waals surface area contributed by atoms with Gasteiger partial charge in [-0.25, -0.2) is 4.98 Å². The third-order valence-corrected chi connectivity index (χ3v) is 8.79. The zero-order valence-electron chi connectivity index (χ0n) is 25.6. The second-order valence-electron chi connectivity index (χ2n) is 11.9. The lowest BCUT2D eigenvalue weighted by Gasteiger charge is -2.40. The van der Waals surface area contributed by atoms with Gasteiger partial charge in [0.2, 0.25) is 0 Å². The zero-order chi connectivity index (χ0) is 29.8. The van der Waals surface area contributed by atoms with E-state index in [4.69, 9.17) is 14.8 Å². The maximum absolute atomic E-state index is 5.75. The van der Waals surface area contributed by atoms with Gasteiger partial charge in [-0.1, -0.05) is 79.4 Å². The summed E-state index contributed by atoms with van der Waals surface area (Å²) in [5.74, 6) is 0.707. The van der Waals surface area contributed by atoms with Gasteiger partial charge in [0, 0.05) is 54.7 Å². The van der Waals surface area contributed by atoms with Crippen LogP contribution < -0.4 is 4.90 Å². The molecule has 7 heteroatoms. The van der Waals surface area contributed by atoms with Crippen LogP contribution in [0.4, 0.5) is 5.69 Å². The largest absolute Gasteiger partial charge is 0.378 e. The second-order valence-corrected chi connectivity index (χ2v) is 11.9. The van der Waals surface area contributed by atoms with Gasteiger partial charge in [-0.2, -0.15) is 0 Å². The number of likely N-dealkylation sites (N-methyl/N-ethyl adjacent to an activating group) is 1. The molecule has 0 amide bonds. The minimum atomic E-state index is -0.00127. The molecule has 2 aliphatic heterocycles. The fourth-order valence-electron chi connectivity index (χ4n) is 6.34. The number of allylic oxidation sites excluding steroid dienone is 1. The van der Waals surface area contributed by atoms with Crippen molar-refractivity contribution >= 4 is 5.69 Å². The minimum absolute atomic E-state index is 0.00127. The SMILES string of the molecule is C=C(C)N(c1ccccc1C)C1CCN(Cc2ccc(-c3nc(C4COCCN4C)nnc3-c3ccccc3)cc2)CC1. The van der Waals surface area contributed by atoms with Gasteiger partial charge in [0.25, 0.3) is 0 Å². The fourth-order valence-corrected chi connectivity index (χ4v) is 6.34. The summed E-state index contributed by atoms with van der Waals surface area (Å²) in [6.45, 7) is 13.9. The molecule has 0 radical (unpaired) electrons. The molecular formula is C36H42N6O. The summed E-state index contributed by atoms with van der Waals surface area (Å²) in [4.78, 5) is 12.4. The normalized spacial score (nSPS) is 18.4. The average Bonchev–Trinajstić information content (AvgIpc) is 3.04. The molecule has 1 unspecified atom stereocenters. The van der Waals surface area contributed by atoms with E-state index >= 15 is 0 Å². The predicted octanol–water partition coefficient (Wildman–Crippen LogP) is 6.52. The molecule has 7 nitrogen and oxygen atoms in total. The Balaban J connectivity index is 1.17. The van der Waals surface area contributed by atoms with Gasteiger partial charge < -0.3 is 9.64 Å². The van der Waals surface area contributed by atoms with E-state index in [0.29, 0.717) is 18.5 Å². The number of aryl methyl sites for hydroxylation is 1. The van der Waals surface area contributed by atoms with Crippen molar-refractivity contribution in [2.75, 3.05) is 44.8 Å². The molecule has 0 spiro atoms. The summed E-state index contributed by atoms with van der Waals surface area (Å²) in [5, 5.41) is 9.26. The van der Waals surface area contributed by atoms with Crippen molar-refractivity contribution in [1.29, 1.82) is 0 Å². The van der Waals surface area contributed by atoms with Crippen LogP contribution in [0.15, 0.2) is 91.1 Å². The number of hydrogen-bond acceptors (Lipinski definition) is 7. The summed E-state index contributed by atoms with van der Waals surface area (Å²) >= 11 is 0. The van der Waals surface area contributed by atoms with Gasteiger partial charge in [-0.3, -0.25) is 9.80 Å². The molecule has 4 aromatic rings. The van der Waals surface area contributed by atoms with Crippen LogP contribution in [0, 0.1) is 6.92 Å². The maximum atomic E-state index is 5.75. The monoisotopic (exact) mass is 574 g/mol. The Morgan fingerprint density at radius 3 is 2.28 bits per heavy atom. The molecule has 222 valence electrons. The van der Waals surface area contributed by atoms with Crippen LogP contribution in [-0.4, -0.2) is 70.9 Å². The molecule has 43 heavy (non-hydrogen) atoms. The molecular weight excluding hydrogens is 532 g/mol. The van der Waals surface area contributed by atoms with Gasteiger partial charge in [-0.15, -0.1) is 10.2 Å². The zero-order valence-corrected chi connectivity index (χ0v) is 25.6. The third kappa shape index (κ3) is 6.54. The van der Waals surface area contributed by atoms with Crippen molar-refractivity contribution in [2.24, 2.45) is 0 Å². The van der Waals surface area contributed by atoms with Crippen LogP contribution >= 0.6 is 0 Å². The molecule has 2 saturated heterocycles. The molecule has 3 aromatic carbocycles. The van der Waals surface area contributed by atoms with Crippen LogP contribution in [-0.2, 0) is 11.3 Å². The lowest BCUT2D eigenvalue weighted by molar-refractivity contribution is 0.00152. The highest BCUT2D eigenvalue weighted by Gasteiger charge is 2.28. The van der Waals surface area contributed by atoms with Gasteiger partial charge in [-0.05, 0) is 50.9 Å². The first-order valence-electron chi connectivity index (χ1n) is 15.4. The Bertz CT molecular complexity index is 1530. The highest BCUT2D eigenvalue weighted by molar-refractivity contribution is 5.77. The second kappa shape index (κ2) is 13.2. The van der Waals surface area contributed by atoms with Crippen LogP contribution in [0.3, 0.4) is 0 Å². The minimum Gasteiger partial charge on any atom is -0.378 e. The van der Waals surface area contributed by atoms with Gasteiger partial charge in [0.1, 0.15) is 11.4 Å². The Kier molecular flexibility index (Phi) is 8.93. The number of ether oxygens (including phenoxy) is 1. The molecule has 3 heterocycles. The van der Waals surface area contributed by atoms with E-state index in [1.165, 1.54) is 16.8 Å². The van der Waals surface area contributed by atoms with E-state index in [1.54, 1.807) is 0 Å². The number of benzene rings is 3. The average molecular weight is 575 g/mol. The molecule has 2 fully saturated rings. The Morgan fingerprint density at radius 2 is 1.58 bits per heavy atom. The van der Waals surface area contributed by atoms with Gasteiger partial charge in [0.15, 0.2) is 5.82 Å². The molecule has 6 rings (SSSR count). The molecule has 1 atom stereocenters. The lowest BCUT2D eigenvalue weighted by Crippen LogP contribution is -2.44. The summed E-state index contributed by atoms with van der Waals surface area (Å²) in [5.41, 5.74) is 8.72. The van der Waals surface area contributed by atoms with E-state index in [-0.39, 0.29) is 6.04 Å². The number of para-hydroxylation sites is 1. The van der Waals surface area contributed by atoms with E-state index in [1.807, 2.05) is 18.2 Å².